The van der Waals surface area contributed by atoms with E-state index in [0.717, 1.165) is 38.5 Å². The van der Waals surface area contributed by atoms with Crippen LogP contribution in [0.1, 0.15) is 11.6 Å². The minimum absolute atomic E-state index is 0.388. The number of hydrogen-bond acceptors (Lipinski definition) is 4. The average molecular weight is 267 g/mol. The van der Waals surface area contributed by atoms with Crippen LogP contribution in [-0.2, 0) is 4.74 Å². The molecule has 1 unspecified atom stereocenters. The van der Waals surface area contributed by atoms with E-state index >= 15 is 0 Å². The van der Waals surface area contributed by atoms with E-state index in [9.17, 15) is 0 Å². The Morgan fingerprint density at radius 1 is 1.10 bits per heavy atom. The first kappa shape index (κ1) is 11.9. The van der Waals surface area contributed by atoms with E-state index in [4.69, 9.17) is 9.72 Å². The van der Waals surface area contributed by atoms with Crippen molar-refractivity contribution in [3.05, 3.63) is 36.2 Å². The highest BCUT2D eigenvalue weighted by atomic mass is 16.5. The van der Waals surface area contributed by atoms with Gasteiger partial charge in [-0.05, 0) is 0 Å². The summed E-state index contributed by atoms with van der Waals surface area (Å²) in [6.45, 7) is 4.34. The smallest absolute Gasteiger partial charge is 0.0642 e. The van der Waals surface area contributed by atoms with Gasteiger partial charge in [-0.25, -0.2) is 0 Å². The maximum Gasteiger partial charge on any atom is 0.0642 e. The van der Waals surface area contributed by atoms with Crippen molar-refractivity contribution in [3.8, 4) is 0 Å². The van der Waals surface area contributed by atoms with Crippen LogP contribution in [0.5, 0.6) is 0 Å². The second kappa shape index (κ2) is 4.87. The summed E-state index contributed by atoms with van der Waals surface area (Å²) < 4.78 is 5.44. The largest absolute Gasteiger partial charge is 0.378 e. The fourth-order valence-corrected chi connectivity index (χ4v) is 2.92. The summed E-state index contributed by atoms with van der Waals surface area (Å²) in [6, 6.07) is 8.56. The third-order valence-corrected chi connectivity index (χ3v) is 4.10. The second-order valence-electron chi connectivity index (χ2n) is 5.29. The summed E-state index contributed by atoms with van der Waals surface area (Å²) in [7, 11) is 0. The van der Waals surface area contributed by atoms with Gasteiger partial charge in [0.2, 0.25) is 0 Å². The highest BCUT2D eigenvalue weighted by molar-refractivity contribution is 5.97. The lowest BCUT2D eigenvalue weighted by Crippen LogP contribution is -2.36. The third-order valence-electron chi connectivity index (χ3n) is 4.10. The fraction of sp³-hybridized carbons (Fsp3) is 0.375. The number of rotatable bonds is 2. The average Bonchev–Trinajstić information content (AvgIpc) is 2.47. The van der Waals surface area contributed by atoms with E-state index in [0.29, 0.717) is 5.92 Å². The molecular formula is C16H17N3O. The van der Waals surface area contributed by atoms with Gasteiger partial charge in [-0.3, -0.25) is 9.98 Å². The zero-order chi connectivity index (χ0) is 13.4. The van der Waals surface area contributed by atoms with Gasteiger partial charge >= 0.3 is 0 Å². The third kappa shape index (κ3) is 1.88. The molecule has 1 saturated heterocycles. The Bertz CT molecular complexity index is 662. The zero-order valence-corrected chi connectivity index (χ0v) is 11.3. The Labute approximate surface area is 118 Å². The second-order valence-corrected chi connectivity index (χ2v) is 5.29. The van der Waals surface area contributed by atoms with E-state index < -0.39 is 0 Å². The Hall–Kier alpha value is -1.94. The molecule has 0 spiro atoms. The Morgan fingerprint density at radius 3 is 2.55 bits per heavy atom. The van der Waals surface area contributed by atoms with Crippen molar-refractivity contribution in [3.63, 3.8) is 0 Å². The van der Waals surface area contributed by atoms with Gasteiger partial charge in [-0.1, -0.05) is 24.3 Å². The highest BCUT2D eigenvalue weighted by Gasteiger charge is 2.21. The maximum absolute atomic E-state index is 5.44. The number of benzene rings is 1. The van der Waals surface area contributed by atoms with Crippen LogP contribution in [0, 0.1) is 0 Å². The minimum Gasteiger partial charge on any atom is -0.378 e. The standard InChI is InChI=1S/C16H17N3O/c1-2-4-14-13(3-1)15(19-5-7-20-8-6-19)11-18-16(14)12-9-17-10-12/h1-4,9,11-12H,5-8,10H2. The maximum atomic E-state index is 5.44. The van der Waals surface area contributed by atoms with E-state index in [2.05, 4.69) is 34.2 Å². The first-order chi connectivity index (χ1) is 9.93. The monoisotopic (exact) mass is 267 g/mol. The summed E-state index contributed by atoms with van der Waals surface area (Å²) in [5, 5.41) is 2.55. The highest BCUT2D eigenvalue weighted by Crippen LogP contribution is 2.32. The number of pyridine rings is 1. The lowest BCUT2D eigenvalue weighted by atomic mass is 9.96. The first-order valence-corrected chi connectivity index (χ1v) is 7.14. The van der Waals surface area contributed by atoms with Gasteiger partial charge in [-0.2, -0.15) is 0 Å². The molecule has 3 heterocycles. The van der Waals surface area contributed by atoms with Gasteiger partial charge < -0.3 is 9.64 Å². The molecule has 0 saturated carbocycles. The van der Waals surface area contributed by atoms with Crippen LogP contribution in [0.4, 0.5) is 5.69 Å². The molecule has 0 N–H and O–H groups in total. The lowest BCUT2D eigenvalue weighted by molar-refractivity contribution is 0.123. The van der Waals surface area contributed by atoms with E-state index in [-0.39, 0.29) is 0 Å². The molecule has 2 aromatic rings. The molecule has 4 heteroatoms. The number of aromatic nitrogens is 1. The van der Waals surface area contributed by atoms with Crippen LogP contribution in [0.25, 0.3) is 10.8 Å². The van der Waals surface area contributed by atoms with Crippen molar-refractivity contribution in [2.45, 2.75) is 5.92 Å². The van der Waals surface area contributed by atoms with Gasteiger partial charge in [0.1, 0.15) is 0 Å². The summed E-state index contributed by atoms with van der Waals surface area (Å²) in [6.07, 6.45) is 4.03. The van der Waals surface area contributed by atoms with Gasteiger partial charge in [0.15, 0.2) is 0 Å². The van der Waals surface area contributed by atoms with E-state index in [1.54, 1.807) is 0 Å². The molecule has 1 fully saturated rings. The Balaban J connectivity index is 1.84. The number of anilines is 1. The van der Waals surface area contributed by atoms with Crippen LogP contribution in [0.3, 0.4) is 0 Å². The molecule has 4 rings (SSSR count). The first-order valence-electron chi connectivity index (χ1n) is 7.14. The number of fused-ring (bicyclic) bond motifs is 1. The summed E-state index contributed by atoms with van der Waals surface area (Å²) in [5.41, 5.74) is 2.39. The zero-order valence-electron chi connectivity index (χ0n) is 11.3. The molecule has 1 atom stereocenters. The van der Waals surface area contributed by atoms with Crippen LogP contribution >= 0.6 is 0 Å². The fourth-order valence-electron chi connectivity index (χ4n) is 2.92. The molecule has 1 aromatic carbocycles. The van der Waals surface area contributed by atoms with Gasteiger partial charge in [0.05, 0.1) is 43.3 Å². The summed E-state index contributed by atoms with van der Waals surface area (Å²) >= 11 is 0. The quantitative estimate of drug-likeness (QED) is 0.837. The minimum atomic E-state index is 0.388. The van der Waals surface area contributed by atoms with E-state index in [1.807, 2.05) is 12.4 Å². The van der Waals surface area contributed by atoms with Gasteiger partial charge in [0, 0.05) is 30.1 Å². The van der Waals surface area contributed by atoms with Crippen molar-refractivity contribution in [2.75, 3.05) is 37.7 Å². The molecule has 2 aliphatic rings. The molecule has 0 amide bonds. The number of morpholine rings is 1. The normalized spacial score (nSPS) is 22.0. The van der Waals surface area contributed by atoms with E-state index in [1.165, 1.54) is 16.5 Å². The predicted molar refractivity (Wildman–Crippen MR) is 80.9 cm³/mol. The summed E-state index contributed by atoms with van der Waals surface area (Å²) in [5.74, 6) is 0.388. The molecule has 20 heavy (non-hydrogen) atoms. The Kier molecular flexibility index (Phi) is 2.89. The molecule has 0 radical (unpaired) electrons. The van der Waals surface area contributed by atoms with Crippen molar-refractivity contribution < 1.29 is 4.74 Å². The van der Waals surface area contributed by atoms with Crippen LogP contribution in [-0.4, -0.2) is 44.0 Å². The van der Waals surface area contributed by atoms with Crippen LogP contribution in [0.2, 0.25) is 0 Å². The van der Waals surface area contributed by atoms with Gasteiger partial charge in [0.25, 0.3) is 0 Å². The topological polar surface area (TPSA) is 37.7 Å². The number of nitrogens with zero attached hydrogens (tertiary/aromatic N) is 3. The van der Waals surface area contributed by atoms with Crippen molar-refractivity contribution in [2.24, 2.45) is 4.99 Å². The molecule has 2 aliphatic heterocycles. The predicted octanol–water partition coefficient (Wildman–Crippen LogP) is 2.24. The van der Waals surface area contributed by atoms with Crippen molar-refractivity contribution in [1.29, 1.82) is 0 Å². The molecule has 1 aromatic heterocycles. The van der Waals surface area contributed by atoms with Gasteiger partial charge in [-0.15, -0.1) is 0 Å². The van der Waals surface area contributed by atoms with Crippen molar-refractivity contribution >= 4 is 22.7 Å². The molecule has 102 valence electrons. The molecule has 0 aliphatic carbocycles. The summed E-state index contributed by atoms with van der Waals surface area (Å²) in [4.78, 5) is 11.3. The van der Waals surface area contributed by atoms with Crippen LogP contribution in [0.15, 0.2) is 35.5 Å². The molecular weight excluding hydrogens is 250 g/mol. The Morgan fingerprint density at radius 2 is 1.85 bits per heavy atom. The molecule has 0 bridgehead atoms. The number of ether oxygens (including phenoxy) is 1. The van der Waals surface area contributed by atoms with Crippen LogP contribution < -0.4 is 4.90 Å². The molecule has 4 nitrogen and oxygen atoms in total. The SMILES string of the molecule is C1=NCC1c1ncc(N2CCOCC2)c2ccccc12. The number of aliphatic imine (C=N–C) groups is 1. The van der Waals surface area contributed by atoms with Crippen molar-refractivity contribution in [1.82, 2.24) is 4.98 Å². The lowest BCUT2D eigenvalue weighted by Gasteiger charge is -2.30. The number of hydrogen-bond donors (Lipinski definition) is 0.